The van der Waals surface area contributed by atoms with Crippen LogP contribution in [0, 0.1) is 0 Å². The number of morpholine rings is 1. The maximum atomic E-state index is 5.54. The van der Waals surface area contributed by atoms with Gasteiger partial charge in [-0.25, -0.2) is 9.97 Å². The Morgan fingerprint density at radius 2 is 1.54 bits per heavy atom. The second kappa shape index (κ2) is 9.71. The van der Waals surface area contributed by atoms with Crippen molar-refractivity contribution in [2.24, 2.45) is 7.05 Å². The van der Waals surface area contributed by atoms with E-state index >= 15 is 0 Å². The fourth-order valence-corrected chi connectivity index (χ4v) is 5.37. The molecule has 0 unspecified atom stereocenters. The van der Waals surface area contributed by atoms with Gasteiger partial charge in [0.1, 0.15) is 0 Å². The number of nitrogens with zero attached hydrogens (tertiary/aromatic N) is 7. The molecule has 180 valence electrons. The van der Waals surface area contributed by atoms with E-state index in [1.807, 2.05) is 54.8 Å². The van der Waals surface area contributed by atoms with Crippen LogP contribution in [0.15, 0.2) is 61.4 Å². The fraction of sp³-hybridized carbons (Fsp3) is 0.407. The van der Waals surface area contributed by atoms with Gasteiger partial charge in [-0.1, -0.05) is 18.2 Å². The summed E-state index contributed by atoms with van der Waals surface area (Å²) >= 11 is 0. The molecule has 1 aliphatic heterocycles. The molecule has 3 aromatic heterocycles. The third kappa shape index (κ3) is 4.76. The third-order valence-electron chi connectivity index (χ3n) is 7.30. The summed E-state index contributed by atoms with van der Waals surface area (Å²) in [5, 5.41) is 9.01. The summed E-state index contributed by atoms with van der Waals surface area (Å²) in [6, 6.07) is 9.35. The van der Waals surface area contributed by atoms with Crippen molar-refractivity contribution in [1.82, 2.24) is 34.4 Å². The van der Waals surface area contributed by atoms with Gasteiger partial charge in [-0.05, 0) is 37.3 Å². The molecule has 1 aliphatic carbocycles. The Balaban J connectivity index is 1.16. The van der Waals surface area contributed by atoms with Crippen LogP contribution >= 0.6 is 0 Å². The molecule has 2 atom stereocenters. The van der Waals surface area contributed by atoms with Gasteiger partial charge >= 0.3 is 0 Å². The zero-order chi connectivity index (χ0) is 23.6. The van der Waals surface area contributed by atoms with Crippen molar-refractivity contribution in [2.45, 2.75) is 37.8 Å². The van der Waals surface area contributed by atoms with Crippen molar-refractivity contribution in [3.63, 3.8) is 0 Å². The number of benzene rings is 1. The average Bonchev–Trinajstić information content (AvgIpc) is 3.59. The molecular weight excluding hydrogens is 438 g/mol. The minimum absolute atomic E-state index is 0.445. The Hall–Kier alpha value is -3.36. The average molecular weight is 470 g/mol. The molecule has 8 nitrogen and oxygen atoms in total. The highest BCUT2D eigenvalue weighted by atomic mass is 16.5. The number of hydrogen-bond acceptors (Lipinski definition) is 6. The lowest BCUT2D eigenvalue weighted by Gasteiger charge is -2.39. The summed E-state index contributed by atoms with van der Waals surface area (Å²) in [6.45, 7) is 3.82. The van der Waals surface area contributed by atoms with Crippen molar-refractivity contribution in [1.29, 1.82) is 0 Å². The molecule has 4 heterocycles. The lowest BCUT2D eigenvalue weighted by atomic mass is 9.90. The van der Waals surface area contributed by atoms with Crippen LogP contribution < -0.4 is 0 Å². The minimum Gasteiger partial charge on any atom is -0.379 e. The third-order valence-corrected chi connectivity index (χ3v) is 7.30. The smallest absolute Gasteiger partial charge is 0.159 e. The van der Waals surface area contributed by atoms with Crippen LogP contribution in [-0.4, -0.2) is 66.8 Å². The molecule has 6 rings (SSSR count). The van der Waals surface area contributed by atoms with Crippen molar-refractivity contribution >= 4 is 0 Å². The number of aryl methyl sites for hydroxylation is 1. The highest BCUT2D eigenvalue weighted by molar-refractivity contribution is 5.70. The minimum atomic E-state index is 0.445. The molecule has 0 spiro atoms. The molecule has 2 aliphatic rings. The van der Waals surface area contributed by atoms with Crippen molar-refractivity contribution in [3.05, 3.63) is 61.4 Å². The number of hydrogen-bond donors (Lipinski definition) is 0. The zero-order valence-electron chi connectivity index (χ0n) is 20.1. The van der Waals surface area contributed by atoms with E-state index in [9.17, 15) is 0 Å². The van der Waals surface area contributed by atoms with Gasteiger partial charge < -0.3 is 4.74 Å². The van der Waals surface area contributed by atoms with E-state index in [1.165, 1.54) is 19.3 Å². The van der Waals surface area contributed by atoms with E-state index in [-0.39, 0.29) is 0 Å². The Bertz CT molecular complexity index is 1270. The van der Waals surface area contributed by atoms with Crippen molar-refractivity contribution < 1.29 is 4.74 Å². The molecule has 0 radical (unpaired) electrons. The molecular formula is C27H31N7O. The molecule has 2 fully saturated rings. The maximum Gasteiger partial charge on any atom is 0.159 e. The molecule has 1 aromatic carbocycles. The predicted molar refractivity (Wildman–Crippen MR) is 135 cm³/mol. The largest absolute Gasteiger partial charge is 0.379 e. The molecule has 8 heteroatoms. The van der Waals surface area contributed by atoms with Gasteiger partial charge in [-0.3, -0.25) is 14.3 Å². The second-order valence-corrected chi connectivity index (χ2v) is 9.61. The Morgan fingerprint density at radius 3 is 2.34 bits per heavy atom. The SMILES string of the molecule is Cn1cc(-c2cccc(-c3ncc(-c4cnn([C@H]5CCC[C@@H](N6CCOCC6)C5)c4)cn3)c2)cn1. The summed E-state index contributed by atoms with van der Waals surface area (Å²) < 4.78 is 9.51. The summed E-state index contributed by atoms with van der Waals surface area (Å²) in [6.07, 6.45) is 16.7. The number of rotatable bonds is 5. The quantitative estimate of drug-likeness (QED) is 0.436. The maximum absolute atomic E-state index is 5.54. The summed E-state index contributed by atoms with van der Waals surface area (Å²) in [5.41, 5.74) is 5.23. The van der Waals surface area contributed by atoms with Gasteiger partial charge in [0.05, 0.1) is 31.6 Å². The zero-order valence-corrected chi connectivity index (χ0v) is 20.1. The normalized spacial score (nSPS) is 21.3. The van der Waals surface area contributed by atoms with Crippen LogP contribution in [0.5, 0.6) is 0 Å². The summed E-state index contributed by atoms with van der Waals surface area (Å²) in [7, 11) is 1.92. The molecule has 0 bridgehead atoms. The molecule has 0 N–H and O–H groups in total. The van der Waals surface area contributed by atoms with E-state index in [1.54, 1.807) is 0 Å². The molecule has 1 saturated carbocycles. The first-order valence-corrected chi connectivity index (χ1v) is 12.5. The lowest BCUT2D eigenvalue weighted by Crippen LogP contribution is -2.45. The molecule has 1 saturated heterocycles. The van der Waals surface area contributed by atoms with Crippen molar-refractivity contribution in [3.8, 4) is 33.6 Å². The lowest BCUT2D eigenvalue weighted by molar-refractivity contribution is 0.00313. The van der Waals surface area contributed by atoms with E-state index in [2.05, 4.69) is 43.0 Å². The predicted octanol–water partition coefficient (Wildman–Crippen LogP) is 4.22. The van der Waals surface area contributed by atoms with Crippen LogP contribution in [0.1, 0.15) is 31.7 Å². The Kier molecular flexibility index (Phi) is 6.14. The molecule has 4 aromatic rings. The van der Waals surface area contributed by atoms with Crippen LogP contribution in [0.3, 0.4) is 0 Å². The highest BCUT2D eigenvalue weighted by Gasteiger charge is 2.29. The Labute approximate surface area is 205 Å². The van der Waals surface area contributed by atoms with Crippen LogP contribution in [0.4, 0.5) is 0 Å². The molecule has 0 amide bonds. The van der Waals surface area contributed by atoms with Gasteiger partial charge in [0.15, 0.2) is 5.82 Å². The van der Waals surface area contributed by atoms with Crippen LogP contribution in [0.2, 0.25) is 0 Å². The van der Waals surface area contributed by atoms with Gasteiger partial charge in [0.25, 0.3) is 0 Å². The molecule has 35 heavy (non-hydrogen) atoms. The summed E-state index contributed by atoms with van der Waals surface area (Å²) in [4.78, 5) is 12.0. The topological polar surface area (TPSA) is 73.9 Å². The van der Waals surface area contributed by atoms with E-state index in [4.69, 9.17) is 9.84 Å². The van der Waals surface area contributed by atoms with E-state index in [0.29, 0.717) is 17.9 Å². The van der Waals surface area contributed by atoms with Gasteiger partial charge in [0.2, 0.25) is 0 Å². The highest BCUT2D eigenvalue weighted by Crippen LogP contribution is 2.32. The monoisotopic (exact) mass is 469 g/mol. The van der Waals surface area contributed by atoms with E-state index in [0.717, 1.165) is 60.5 Å². The van der Waals surface area contributed by atoms with E-state index < -0.39 is 0 Å². The number of aromatic nitrogens is 6. The second-order valence-electron chi connectivity index (χ2n) is 9.61. The van der Waals surface area contributed by atoms with Gasteiger partial charge in [-0.15, -0.1) is 0 Å². The first-order chi connectivity index (χ1) is 17.2. The van der Waals surface area contributed by atoms with Crippen LogP contribution in [-0.2, 0) is 11.8 Å². The Morgan fingerprint density at radius 1 is 0.800 bits per heavy atom. The van der Waals surface area contributed by atoms with Gasteiger partial charge in [0, 0.05) is 73.2 Å². The van der Waals surface area contributed by atoms with Gasteiger partial charge in [-0.2, -0.15) is 10.2 Å². The first-order valence-electron chi connectivity index (χ1n) is 12.5. The fourth-order valence-electron chi connectivity index (χ4n) is 5.37. The van der Waals surface area contributed by atoms with Crippen LogP contribution in [0.25, 0.3) is 33.6 Å². The van der Waals surface area contributed by atoms with Crippen molar-refractivity contribution in [2.75, 3.05) is 26.3 Å². The standard InChI is InChI=1S/C27H31N7O/c1-32-18-23(16-30-32)20-4-2-5-21(12-20)27-28-14-22(15-29-27)24-17-31-34(19-24)26-7-3-6-25(13-26)33-8-10-35-11-9-33/h2,4-5,12,14-19,25-26H,3,6-11,13H2,1H3/t25-,26+/m1/s1. The first kappa shape index (κ1) is 22.1. The number of ether oxygens (including phenoxy) is 1. The summed E-state index contributed by atoms with van der Waals surface area (Å²) in [5.74, 6) is 0.715.